The SMILES string of the molecule is COCCNc1nc(N[C@@H](C)C(=O)Cc2cccc(C(F)(F)F)c2)c(C#N)c(SC)n1. The van der Waals surface area contributed by atoms with Crippen molar-refractivity contribution in [1.82, 2.24) is 9.97 Å². The van der Waals surface area contributed by atoms with Gasteiger partial charge in [0, 0.05) is 20.1 Å². The fraction of sp³-hybridized carbons (Fsp3) is 0.400. The van der Waals surface area contributed by atoms with Crippen LogP contribution in [0.4, 0.5) is 24.9 Å². The molecule has 1 heterocycles. The zero-order valence-corrected chi connectivity index (χ0v) is 18.0. The Balaban J connectivity index is 2.19. The number of hydrogen-bond donors (Lipinski definition) is 2. The van der Waals surface area contributed by atoms with E-state index >= 15 is 0 Å². The number of nitriles is 1. The Kier molecular flexibility index (Phi) is 8.65. The van der Waals surface area contributed by atoms with E-state index in [9.17, 15) is 23.2 Å². The molecular weight excluding hydrogens is 431 g/mol. The molecule has 2 N–H and O–H groups in total. The van der Waals surface area contributed by atoms with Crippen LogP contribution in [0.5, 0.6) is 0 Å². The van der Waals surface area contributed by atoms with Gasteiger partial charge in [0.1, 0.15) is 16.7 Å². The minimum absolute atomic E-state index is 0.173. The summed E-state index contributed by atoms with van der Waals surface area (Å²) in [6, 6.07) is 5.89. The molecule has 0 unspecified atom stereocenters. The molecule has 2 rings (SSSR count). The minimum atomic E-state index is -4.48. The number of alkyl halides is 3. The van der Waals surface area contributed by atoms with Gasteiger partial charge in [-0.1, -0.05) is 18.2 Å². The van der Waals surface area contributed by atoms with E-state index in [1.807, 2.05) is 6.07 Å². The highest BCUT2D eigenvalue weighted by Gasteiger charge is 2.30. The van der Waals surface area contributed by atoms with Gasteiger partial charge in [0.2, 0.25) is 5.95 Å². The lowest BCUT2D eigenvalue weighted by Gasteiger charge is -2.17. The number of nitrogens with zero attached hydrogens (tertiary/aromatic N) is 3. The molecule has 0 saturated heterocycles. The number of nitrogens with one attached hydrogen (secondary N) is 2. The molecular formula is C20H22F3N5O2S. The zero-order valence-electron chi connectivity index (χ0n) is 17.2. The van der Waals surface area contributed by atoms with Crippen molar-refractivity contribution in [2.45, 2.75) is 30.6 Å². The molecule has 0 aliphatic rings. The van der Waals surface area contributed by atoms with Crippen LogP contribution >= 0.6 is 11.8 Å². The maximum Gasteiger partial charge on any atom is 0.416 e. The van der Waals surface area contributed by atoms with Crippen molar-refractivity contribution in [1.29, 1.82) is 5.26 Å². The number of Topliss-reactive ketones (excluding diaryl/α,β-unsaturated/α-hetero) is 1. The van der Waals surface area contributed by atoms with Crippen molar-refractivity contribution in [2.24, 2.45) is 0 Å². The standard InChI is InChI=1S/C20H22F3N5O2S/c1-12(16(29)10-13-5-4-6-14(9-13)20(21,22)23)26-17-15(11-24)18(31-3)28-19(27-17)25-7-8-30-2/h4-6,9,12H,7-8,10H2,1-3H3,(H2,25,26,27,28)/t12-/m0/s1. The van der Waals surface area contributed by atoms with E-state index in [1.54, 1.807) is 20.3 Å². The second-order valence-corrected chi connectivity index (χ2v) is 7.31. The Morgan fingerprint density at radius 1 is 1.35 bits per heavy atom. The maximum absolute atomic E-state index is 12.9. The Bertz CT molecular complexity index is 963. The Morgan fingerprint density at radius 2 is 2.10 bits per heavy atom. The van der Waals surface area contributed by atoms with Gasteiger partial charge in [-0.15, -0.1) is 11.8 Å². The summed E-state index contributed by atoms with van der Waals surface area (Å²) >= 11 is 1.25. The average molecular weight is 453 g/mol. The van der Waals surface area contributed by atoms with Crippen LogP contribution in [0.2, 0.25) is 0 Å². The van der Waals surface area contributed by atoms with E-state index in [1.165, 1.54) is 23.9 Å². The first-order valence-corrected chi connectivity index (χ1v) is 10.5. The highest BCUT2D eigenvalue weighted by atomic mass is 32.2. The average Bonchev–Trinajstić information content (AvgIpc) is 2.73. The number of aromatic nitrogens is 2. The topological polar surface area (TPSA) is 99.9 Å². The number of halogens is 3. The molecule has 166 valence electrons. The van der Waals surface area contributed by atoms with E-state index in [0.29, 0.717) is 18.2 Å². The molecule has 0 saturated carbocycles. The third-order valence-electron chi connectivity index (χ3n) is 4.24. The summed E-state index contributed by atoms with van der Waals surface area (Å²) in [6.07, 6.45) is -2.92. The van der Waals surface area contributed by atoms with Crippen molar-refractivity contribution in [2.75, 3.05) is 37.2 Å². The quantitative estimate of drug-likeness (QED) is 0.319. The van der Waals surface area contributed by atoms with Crippen LogP contribution in [0, 0.1) is 11.3 Å². The fourth-order valence-electron chi connectivity index (χ4n) is 2.63. The molecule has 0 bridgehead atoms. The molecule has 0 spiro atoms. The lowest BCUT2D eigenvalue weighted by molar-refractivity contribution is -0.137. The van der Waals surface area contributed by atoms with Gasteiger partial charge in [0.15, 0.2) is 11.6 Å². The zero-order chi connectivity index (χ0) is 23.0. The normalized spacial score (nSPS) is 12.2. The summed E-state index contributed by atoms with van der Waals surface area (Å²) in [5, 5.41) is 15.8. The molecule has 0 aliphatic carbocycles. The third-order valence-corrected chi connectivity index (χ3v) is 4.92. The van der Waals surface area contributed by atoms with Gasteiger partial charge in [-0.25, -0.2) is 4.98 Å². The predicted molar refractivity (Wildman–Crippen MR) is 112 cm³/mol. The first-order valence-electron chi connectivity index (χ1n) is 9.24. The van der Waals surface area contributed by atoms with E-state index in [4.69, 9.17) is 4.74 Å². The van der Waals surface area contributed by atoms with E-state index in [0.717, 1.165) is 12.1 Å². The number of ketones is 1. The summed E-state index contributed by atoms with van der Waals surface area (Å²) < 4.78 is 43.7. The van der Waals surface area contributed by atoms with Crippen molar-refractivity contribution < 1.29 is 22.7 Å². The largest absolute Gasteiger partial charge is 0.416 e. The predicted octanol–water partition coefficient (Wildman–Crippen LogP) is 3.76. The lowest BCUT2D eigenvalue weighted by atomic mass is 10.0. The number of ether oxygens (including phenoxy) is 1. The van der Waals surface area contributed by atoms with Crippen LogP contribution in [-0.4, -0.2) is 48.3 Å². The number of methoxy groups -OCH3 is 1. The molecule has 1 aromatic heterocycles. The van der Waals surface area contributed by atoms with Crippen molar-refractivity contribution in [3.05, 3.63) is 41.0 Å². The second-order valence-electron chi connectivity index (χ2n) is 6.52. The molecule has 0 fully saturated rings. The Hall–Kier alpha value is -2.84. The molecule has 0 radical (unpaired) electrons. The first kappa shape index (κ1) is 24.4. The van der Waals surface area contributed by atoms with Crippen LogP contribution in [0.25, 0.3) is 0 Å². The monoisotopic (exact) mass is 453 g/mol. The van der Waals surface area contributed by atoms with Crippen LogP contribution in [-0.2, 0) is 22.1 Å². The number of thioether (sulfide) groups is 1. The van der Waals surface area contributed by atoms with Gasteiger partial charge in [-0.2, -0.15) is 23.4 Å². The number of rotatable bonds is 10. The smallest absolute Gasteiger partial charge is 0.383 e. The van der Waals surface area contributed by atoms with E-state index in [2.05, 4.69) is 20.6 Å². The van der Waals surface area contributed by atoms with Gasteiger partial charge in [-0.3, -0.25) is 4.79 Å². The summed E-state index contributed by atoms with van der Waals surface area (Å²) in [7, 11) is 1.55. The van der Waals surface area contributed by atoms with Gasteiger partial charge in [-0.05, 0) is 24.8 Å². The van der Waals surface area contributed by atoms with Crippen LogP contribution < -0.4 is 10.6 Å². The summed E-state index contributed by atoms with van der Waals surface area (Å²) in [6.45, 7) is 2.43. The summed E-state index contributed by atoms with van der Waals surface area (Å²) in [5.41, 5.74) is -0.371. The number of carbonyl (C=O) groups excluding carboxylic acids is 1. The molecule has 0 amide bonds. The molecule has 7 nitrogen and oxygen atoms in total. The van der Waals surface area contributed by atoms with Crippen LogP contribution in [0.1, 0.15) is 23.6 Å². The second kappa shape index (κ2) is 11.0. The molecule has 31 heavy (non-hydrogen) atoms. The maximum atomic E-state index is 12.9. The lowest BCUT2D eigenvalue weighted by Crippen LogP contribution is -2.29. The van der Waals surface area contributed by atoms with Crippen LogP contribution in [0.3, 0.4) is 0 Å². The Labute approximate surface area is 182 Å². The van der Waals surface area contributed by atoms with Gasteiger partial charge < -0.3 is 15.4 Å². The summed E-state index contributed by atoms with van der Waals surface area (Å²) in [5.74, 6) is 0.0912. The minimum Gasteiger partial charge on any atom is -0.383 e. The highest BCUT2D eigenvalue weighted by molar-refractivity contribution is 7.98. The molecule has 0 aliphatic heterocycles. The van der Waals surface area contributed by atoms with Crippen molar-refractivity contribution >= 4 is 29.3 Å². The first-order chi connectivity index (χ1) is 14.7. The number of benzene rings is 1. The van der Waals surface area contributed by atoms with E-state index < -0.39 is 17.8 Å². The highest BCUT2D eigenvalue weighted by Crippen LogP contribution is 2.30. The number of anilines is 2. The summed E-state index contributed by atoms with van der Waals surface area (Å²) in [4.78, 5) is 21.2. The number of hydrogen-bond acceptors (Lipinski definition) is 8. The van der Waals surface area contributed by atoms with Crippen LogP contribution in [0.15, 0.2) is 29.3 Å². The van der Waals surface area contributed by atoms with Gasteiger partial charge >= 0.3 is 6.18 Å². The Morgan fingerprint density at radius 3 is 2.71 bits per heavy atom. The fourth-order valence-corrected chi connectivity index (χ4v) is 3.16. The molecule has 1 atom stereocenters. The van der Waals surface area contributed by atoms with Gasteiger partial charge in [0.25, 0.3) is 0 Å². The van der Waals surface area contributed by atoms with Gasteiger partial charge in [0.05, 0.1) is 18.2 Å². The number of carbonyl (C=O) groups is 1. The van der Waals surface area contributed by atoms with Crippen molar-refractivity contribution in [3.63, 3.8) is 0 Å². The third kappa shape index (κ3) is 6.83. The molecule has 2 aromatic rings. The van der Waals surface area contributed by atoms with Crippen molar-refractivity contribution in [3.8, 4) is 6.07 Å². The molecule has 11 heteroatoms. The van der Waals surface area contributed by atoms with E-state index in [-0.39, 0.29) is 35.1 Å². The molecule has 1 aromatic carbocycles.